The minimum absolute atomic E-state index is 0.0886. The lowest BCUT2D eigenvalue weighted by Crippen LogP contribution is -2.45. The maximum Gasteiger partial charge on any atom is 0.242 e. The van der Waals surface area contributed by atoms with Crippen LogP contribution in [0.2, 0.25) is 0 Å². The Bertz CT molecular complexity index is 575. The summed E-state index contributed by atoms with van der Waals surface area (Å²) in [5, 5.41) is 21.8. The summed E-state index contributed by atoms with van der Waals surface area (Å²) >= 11 is 0. The van der Waals surface area contributed by atoms with Crippen LogP contribution in [0.15, 0.2) is 23.1 Å². The van der Waals surface area contributed by atoms with Gasteiger partial charge < -0.3 is 21.3 Å². The summed E-state index contributed by atoms with van der Waals surface area (Å²) < 4.78 is 25.1. The fourth-order valence-electron chi connectivity index (χ4n) is 1.75. The second-order valence-corrected chi connectivity index (χ2v) is 7.26. The van der Waals surface area contributed by atoms with E-state index in [9.17, 15) is 18.6 Å². The fraction of sp³-hybridized carbons (Fsp3) is 0.538. The lowest BCUT2D eigenvalue weighted by atomic mass is 9.98. The van der Waals surface area contributed by atoms with Gasteiger partial charge in [-0.05, 0) is 24.6 Å². The third kappa shape index (κ3) is 3.65. The number of benzene rings is 1. The number of sulfonamides is 1. The largest absolute Gasteiger partial charge is 0.397 e. The molecule has 0 heterocycles. The van der Waals surface area contributed by atoms with Crippen molar-refractivity contribution in [1.82, 2.24) is 4.31 Å². The predicted octanol–water partition coefficient (Wildman–Crippen LogP) is 0.0644. The number of nitrogens with two attached hydrogens (primary N) is 1. The lowest BCUT2D eigenvalue weighted by molar-refractivity contribution is 0.132. The van der Waals surface area contributed by atoms with Crippen molar-refractivity contribution in [3.63, 3.8) is 0 Å². The number of nitrogen functional groups attached to an aromatic ring is 1. The quantitative estimate of drug-likeness (QED) is 0.529. The molecule has 120 valence electrons. The van der Waals surface area contributed by atoms with Crippen LogP contribution in [0.1, 0.15) is 13.3 Å². The predicted molar refractivity (Wildman–Crippen MR) is 82.5 cm³/mol. The van der Waals surface area contributed by atoms with Gasteiger partial charge in [-0.3, -0.25) is 0 Å². The first-order chi connectivity index (χ1) is 9.72. The summed E-state index contributed by atoms with van der Waals surface area (Å²) in [4.78, 5) is 0.0886. The SMILES string of the molecule is CCC(CO)(CO)Nc1ccc(S(=O)(=O)N(C)C)cc1N. The summed E-state index contributed by atoms with van der Waals surface area (Å²) in [6.45, 7) is 1.29. The van der Waals surface area contributed by atoms with Gasteiger partial charge in [0.15, 0.2) is 0 Å². The number of hydrogen-bond donors (Lipinski definition) is 4. The van der Waals surface area contributed by atoms with E-state index in [2.05, 4.69) is 5.32 Å². The third-order valence-corrected chi connectivity index (χ3v) is 5.29. The van der Waals surface area contributed by atoms with Crippen molar-refractivity contribution in [2.45, 2.75) is 23.8 Å². The normalized spacial score (nSPS) is 12.7. The lowest BCUT2D eigenvalue weighted by Gasteiger charge is -2.31. The van der Waals surface area contributed by atoms with Gasteiger partial charge in [-0.15, -0.1) is 0 Å². The maximum absolute atomic E-state index is 12.0. The molecule has 21 heavy (non-hydrogen) atoms. The summed E-state index contributed by atoms with van der Waals surface area (Å²) in [5.74, 6) is 0. The zero-order valence-electron chi connectivity index (χ0n) is 12.5. The highest BCUT2D eigenvalue weighted by molar-refractivity contribution is 7.89. The molecule has 1 aromatic carbocycles. The van der Waals surface area contributed by atoms with Crippen LogP contribution in [0, 0.1) is 0 Å². The molecule has 0 aliphatic rings. The Morgan fingerprint density at radius 3 is 2.24 bits per heavy atom. The Labute approximate surface area is 125 Å². The van der Waals surface area contributed by atoms with Crippen molar-refractivity contribution in [2.24, 2.45) is 0 Å². The first-order valence-electron chi connectivity index (χ1n) is 6.54. The zero-order chi connectivity index (χ0) is 16.3. The Morgan fingerprint density at radius 1 is 1.29 bits per heavy atom. The standard InChI is InChI=1S/C13H23N3O4S/c1-4-13(8-17,9-18)15-12-6-5-10(7-11(12)14)21(19,20)16(2)3/h5-7,15,17-18H,4,8-9,14H2,1-3H3. The van der Waals surface area contributed by atoms with E-state index in [4.69, 9.17) is 5.73 Å². The Balaban J connectivity index is 3.15. The van der Waals surface area contributed by atoms with Gasteiger partial charge >= 0.3 is 0 Å². The van der Waals surface area contributed by atoms with Crippen LogP contribution in [-0.2, 0) is 10.0 Å². The van der Waals surface area contributed by atoms with E-state index in [1.165, 1.54) is 32.3 Å². The van der Waals surface area contributed by atoms with Gasteiger partial charge in [0, 0.05) is 14.1 Å². The average Bonchev–Trinajstić information content (AvgIpc) is 2.46. The van der Waals surface area contributed by atoms with Crippen LogP contribution >= 0.6 is 0 Å². The maximum atomic E-state index is 12.0. The number of nitrogens with one attached hydrogen (secondary N) is 1. The van der Waals surface area contributed by atoms with Crippen LogP contribution in [0.5, 0.6) is 0 Å². The number of aliphatic hydroxyl groups excluding tert-OH is 2. The van der Waals surface area contributed by atoms with Crippen molar-refractivity contribution < 1.29 is 18.6 Å². The molecule has 0 amide bonds. The summed E-state index contributed by atoms with van der Waals surface area (Å²) in [5.41, 5.74) is 5.69. The molecule has 5 N–H and O–H groups in total. The molecule has 0 radical (unpaired) electrons. The molecule has 0 spiro atoms. The van der Waals surface area contributed by atoms with E-state index >= 15 is 0 Å². The number of rotatable bonds is 7. The van der Waals surface area contributed by atoms with E-state index < -0.39 is 15.6 Å². The highest BCUT2D eigenvalue weighted by Crippen LogP contribution is 2.27. The zero-order valence-corrected chi connectivity index (χ0v) is 13.3. The van der Waals surface area contributed by atoms with Gasteiger partial charge in [-0.2, -0.15) is 0 Å². The number of hydrogen-bond acceptors (Lipinski definition) is 6. The molecular weight excluding hydrogens is 294 g/mol. The fourth-order valence-corrected chi connectivity index (χ4v) is 2.69. The van der Waals surface area contributed by atoms with Crippen molar-refractivity contribution in [3.8, 4) is 0 Å². The topological polar surface area (TPSA) is 116 Å². The minimum atomic E-state index is -3.55. The minimum Gasteiger partial charge on any atom is -0.397 e. The van der Waals surface area contributed by atoms with Gasteiger partial charge in [-0.25, -0.2) is 12.7 Å². The summed E-state index contributed by atoms with van der Waals surface area (Å²) in [6, 6.07) is 4.32. The smallest absolute Gasteiger partial charge is 0.242 e. The van der Waals surface area contributed by atoms with Crippen molar-refractivity contribution >= 4 is 21.4 Å². The molecule has 0 aliphatic heterocycles. The van der Waals surface area contributed by atoms with E-state index in [0.717, 1.165) is 4.31 Å². The van der Waals surface area contributed by atoms with Crippen molar-refractivity contribution in [2.75, 3.05) is 38.4 Å². The molecule has 0 fully saturated rings. The highest BCUT2D eigenvalue weighted by Gasteiger charge is 2.27. The second kappa shape index (κ2) is 6.61. The van der Waals surface area contributed by atoms with Crippen LogP contribution in [0.25, 0.3) is 0 Å². The molecule has 0 aromatic heterocycles. The summed E-state index contributed by atoms with van der Waals surface area (Å²) in [6.07, 6.45) is 0.483. The van der Waals surface area contributed by atoms with Gasteiger partial charge in [-0.1, -0.05) is 6.92 Å². The first-order valence-corrected chi connectivity index (χ1v) is 7.98. The van der Waals surface area contributed by atoms with E-state index in [-0.39, 0.29) is 23.8 Å². The van der Waals surface area contributed by atoms with Gasteiger partial charge in [0.05, 0.1) is 35.0 Å². The van der Waals surface area contributed by atoms with Gasteiger partial charge in [0.2, 0.25) is 10.0 Å². The molecule has 1 rings (SSSR count). The molecule has 0 aliphatic carbocycles. The van der Waals surface area contributed by atoms with Crippen LogP contribution < -0.4 is 11.1 Å². The van der Waals surface area contributed by atoms with Crippen molar-refractivity contribution in [1.29, 1.82) is 0 Å². The number of anilines is 2. The van der Waals surface area contributed by atoms with E-state index in [1.807, 2.05) is 6.92 Å². The molecule has 8 heteroatoms. The van der Waals surface area contributed by atoms with Crippen molar-refractivity contribution in [3.05, 3.63) is 18.2 Å². The highest BCUT2D eigenvalue weighted by atomic mass is 32.2. The first kappa shape index (κ1) is 17.7. The molecule has 0 bridgehead atoms. The molecule has 7 nitrogen and oxygen atoms in total. The van der Waals surface area contributed by atoms with E-state index in [1.54, 1.807) is 0 Å². The number of aliphatic hydroxyl groups is 2. The van der Waals surface area contributed by atoms with E-state index in [0.29, 0.717) is 12.1 Å². The molecule has 0 saturated heterocycles. The van der Waals surface area contributed by atoms with Crippen LogP contribution in [0.4, 0.5) is 11.4 Å². The van der Waals surface area contributed by atoms with Crippen LogP contribution in [0.3, 0.4) is 0 Å². The second-order valence-electron chi connectivity index (χ2n) is 5.11. The molecule has 0 unspecified atom stereocenters. The molecule has 0 saturated carbocycles. The Morgan fingerprint density at radius 2 is 1.86 bits per heavy atom. The molecule has 1 aromatic rings. The van der Waals surface area contributed by atoms with Gasteiger partial charge in [0.25, 0.3) is 0 Å². The Hall–Kier alpha value is -1.35. The summed E-state index contributed by atoms with van der Waals surface area (Å²) in [7, 11) is -0.666. The van der Waals surface area contributed by atoms with Gasteiger partial charge in [0.1, 0.15) is 0 Å². The molecular formula is C13H23N3O4S. The van der Waals surface area contributed by atoms with Crippen LogP contribution in [-0.4, -0.2) is 55.8 Å². The third-order valence-electron chi connectivity index (χ3n) is 3.48. The average molecular weight is 317 g/mol. The number of nitrogens with zero attached hydrogens (tertiary/aromatic N) is 1. The monoisotopic (exact) mass is 317 g/mol. The Kier molecular flexibility index (Phi) is 5.57. The molecule has 0 atom stereocenters.